The van der Waals surface area contributed by atoms with Crippen LogP contribution in [0.1, 0.15) is 192 Å². The number of ketones is 4. The molecule has 4 aromatic carbocycles. The number of hydrogen-bond donors (Lipinski definition) is 0. The lowest BCUT2D eigenvalue weighted by atomic mass is 9.76. The first-order valence-corrected chi connectivity index (χ1v) is 28.8. The molecule has 0 aromatic heterocycles. The van der Waals surface area contributed by atoms with Crippen LogP contribution in [-0.2, 0) is 19.2 Å². The van der Waals surface area contributed by atoms with Gasteiger partial charge in [0.1, 0.15) is 34.8 Å². The molecule has 404 valence electrons. The van der Waals surface area contributed by atoms with Gasteiger partial charge in [0.25, 0.3) is 0 Å². The second-order valence-corrected chi connectivity index (χ2v) is 26.1. The van der Waals surface area contributed by atoms with Gasteiger partial charge in [-0.05, 0) is 146 Å². The van der Waals surface area contributed by atoms with Crippen LogP contribution in [0, 0.1) is 58.0 Å². The van der Waals surface area contributed by atoms with E-state index in [-0.39, 0.29) is 81.4 Å². The van der Waals surface area contributed by atoms with Crippen LogP contribution >= 0.6 is 69.6 Å². The van der Waals surface area contributed by atoms with E-state index in [1.54, 1.807) is 24.3 Å². The molecule has 0 bridgehead atoms. The molecule has 8 atom stereocenters. The molecule has 0 amide bonds. The maximum atomic E-state index is 14.0. The van der Waals surface area contributed by atoms with Crippen LogP contribution in [-0.4, -0.2) is 23.1 Å². The van der Waals surface area contributed by atoms with Gasteiger partial charge in [-0.2, -0.15) is 0 Å². The zero-order chi connectivity index (χ0) is 55.0. The number of carbonyl (C=O) groups excluding carboxylic acids is 4. The highest BCUT2D eigenvalue weighted by Crippen LogP contribution is 2.47. The molecule has 74 heavy (non-hydrogen) atoms. The summed E-state index contributed by atoms with van der Waals surface area (Å²) in [5.41, 5.74) is 2.95. The molecule has 0 spiro atoms. The van der Waals surface area contributed by atoms with Crippen molar-refractivity contribution in [3.63, 3.8) is 0 Å². The van der Waals surface area contributed by atoms with E-state index >= 15 is 0 Å². The maximum absolute atomic E-state index is 14.0. The van der Waals surface area contributed by atoms with E-state index in [2.05, 4.69) is 0 Å². The Hall–Kier alpha value is -2.84. The van der Waals surface area contributed by atoms with Gasteiger partial charge in [0.05, 0.1) is 20.1 Å². The molecule has 4 saturated carbocycles. The third-order valence-electron chi connectivity index (χ3n) is 15.6. The van der Waals surface area contributed by atoms with Crippen LogP contribution in [0.15, 0.2) is 72.8 Å². The molecule has 12 heteroatoms. The van der Waals surface area contributed by atoms with Gasteiger partial charge in [0.2, 0.25) is 0 Å². The SMILES string of the molecule is CC(C)(C)C(=O)[C@@H]1CCC[C@H]1c1ccc(Cl)c(Cl)c1.CC(C)(C)C(=O)[C@@H]1CCC[C@H]1c1ccc(Cl)cc1F.CC(C)C(=O)[C@H]1CCC[C@@H]1c1ccc(Cl)c(Cl)c1.CC(C)C(=O)[C@H]1CCC[C@@H]1c1ccc(Cl)cc1F. The molecule has 4 nitrogen and oxygen atoms in total. The van der Waals surface area contributed by atoms with Gasteiger partial charge in [-0.1, -0.05) is 189 Å². The van der Waals surface area contributed by atoms with E-state index in [9.17, 15) is 28.0 Å². The predicted octanol–water partition coefficient (Wildman–Crippen LogP) is 20.2. The molecule has 4 aliphatic rings. The number of benzene rings is 4. The van der Waals surface area contributed by atoms with Gasteiger partial charge in [-0.15, -0.1) is 0 Å². The van der Waals surface area contributed by atoms with Crippen molar-refractivity contribution in [1.82, 2.24) is 0 Å². The predicted molar refractivity (Wildman–Crippen MR) is 305 cm³/mol. The van der Waals surface area contributed by atoms with Crippen molar-refractivity contribution < 1.29 is 28.0 Å². The number of rotatable bonds is 10. The highest BCUT2D eigenvalue weighted by molar-refractivity contribution is 6.42. The van der Waals surface area contributed by atoms with E-state index < -0.39 is 0 Å². The average molecular weight is 1140 g/mol. The maximum Gasteiger partial charge on any atom is 0.141 e. The number of Topliss-reactive ketones (excluding diaryl/α,β-unsaturated/α-hetero) is 4. The Morgan fingerprint density at radius 2 is 0.730 bits per heavy atom. The topological polar surface area (TPSA) is 68.3 Å². The van der Waals surface area contributed by atoms with Crippen LogP contribution in [0.3, 0.4) is 0 Å². The lowest BCUT2D eigenvalue weighted by molar-refractivity contribution is -0.131. The smallest absolute Gasteiger partial charge is 0.141 e. The summed E-state index contributed by atoms with van der Waals surface area (Å²) in [7, 11) is 0. The molecule has 4 aromatic rings. The van der Waals surface area contributed by atoms with Crippen molar-refractivity contribution in [2.45, 2.75) is 170 Å². The van der Waals surface area contributed by atoms with Gasteiger partial charge in [0.15, 0.2) is 0 Å². The molecule has 0 radical (unpaired) electrons. The molecular weight excluding hydrogens is 1060 g/mol. The fraction of sp³-hybridized carbons (Fsp3) is 0.548. The average Bonchev–Trinajstić information content (AvgIpc) is 4.18. The summed E-state index contributed by atoms with van der Waals surface area (Å²) in [5.74, 6) is 1.63. The van der Waals surface area contributed by atoms with Gasteiger partial charge in [0, 0.05) is 56.4 Å². The normalized spacial score (nSPS) is 23.6. The summed E-state index contributed by atoms with van der Waals surface area (Å²) in [6.07, 6.45) is 11.8. The van der Waals surface area contributed by atoms with E-state index in [4.69, 9.17) is 69.6 Å². The van der Waals surface area contributed by atoms with Crippen LogP contribution in [0.4, 0.5) is 8.78 Å². The monoisotopic (exact) mass is 1130 g/mol. The van der Waals surface area contributed by atoms with Crippen molar-refractivity contribution in [3.8, 4) is 0 Å². The minimum Gasteiger partial charge on any atom is -0.299 e. The second kappa shape index (κ2) is 27.2. The zero-order valence-corrected chi connectivity index (χ0v) is 49.4. The first-order chi connectivity index (χ1) is 34.6. The van der Waals surface area contributed by atoms with Crippen molar-refractivity contribution in [2.75, 3.05) is 0 Å². The summed E-state index contributed by atoms with van der Waals surface area (Å²) in [5, 5.41) is 3.11. The lowest BCUT2D eigenvalue weighted by Crippen LogP contribution is -2.30. The second-order valence-electron chi connectivity index (χ2n) is 23.6. The standard InChI is InChI=1S/C16H20Cl2O.C16H20ClFO.C15H18Cl2O.C15H18ClFO/c1-16(2,3)15(19)12-6-4-5-11(12)10-7-8-13(17)14(18)9-10;1-16(2,3)15(19)13-6-4-5-11(13)12-8-7-10(17)9-14(12)18;1-9(2)15(18)12-5-3-4-11(12)10-6-7-13(16)14(17)8-10;1-9(2)15(18)13-5-3-4-11(13)12-7-6-10(16)8-14(12)17/h7-9,11-12H,4-6H2,1-3H3;7-9,11,13H,4-6H2,1-3H3;6-9,11-12H,3-5H2,1-2H3;6-9,11,13H,3-5H2,1-2H3/t11-,12+;11-,13+;11-,12+;11-,13+/m0011/s1. The minimum absolute atomic E-state index is 0.00370. The Bertz CT molecular complexity index is 2600. The van der Waals surface area contributed by atoms with Gasteiger partial charge < -0.3 is 0 Å². The molecule has 0 N–H and O–H groups in total. The summed E-state index contributed by atoms with van der Waals surface area (Å²) in [6, 6.07) is 21.1. The highest BCUT2D eigenvalue weighted by Gasteiger charge is 2.41. The molecular formula is C62H76Cl6F2O4. The Balaban J connectivity index is 0.000000183. The minimum atomic E-state index is -0.365. The first kappa shape index (κ1) is 62.0. The molecule has 0 aliphatic heterocycles. The summed E-state index contributed by atoms with van der Waals surface area (Å²) >= 11 is 35.6. The summed E-state index contributed by atoms with van der Waals surface area (Å²) < 4.78 is 28.0. The summed E-state index contributed by atoms with van der Waals surface area (Å²) in [4.78, 5) is 49.4. The van der Waals surface area contributed by atoms with E-state index in [0.717, 1.165) is 88.2 Å². The van der Waals surface area contributed by atoms with E-state index in [1.165, 1.54) is 12.1 Å². The zero-order valence-electron chi connectivity index (χ0n) is 44.8. The quantitative estimate of drug-likeness (QED) is 0.159. The summed E-state index contributed by atoms with van der Waals surface area (Å²) in [6.45, 7) is 19.6. The lowest BCUT2D eigenvalue weighted by Gasteiger charge is -2.26. The van der Waals surface area contributed by atoms with Gasteiger partial charge in [-0.25, -0.2) is 8.78 Å². The van der Waals surface area contributed by atoms with Crippen LogP contribution in [0.5, 0.6) is 0 Å². The molecule has 4 fully saturated rings. The van der Waals surface area contributed by atoms with Crippen molar-refractivity contribution in [2.24, 2.45) is 46.3 Å². The van der Waals surface area contributed by atoms with Crippen molar-refractivity contribution in [1.29, 1.82) is 0 Å². The van der Waals surface area contributed by atoms with Crippen LogP contribution < -0.4 is 0 Å². The van der Waals surface area contributed by atoms with Gasteiger partial charge >= 0.3 is 0 Å². The third kappa shape index (κ3) is 16.1. The van der Waals surface area contributed by atoms with E-state index in [0.29, 0.717) is 64.7 Å². The molecule has 0 saturated heterocycles. The number of carbonyl (C=O) groups is 4. The molecule has 0 unspecified atom stereocenters. The first-order valence-electron chi connectivity index (χ1n) is 26.6. The fourth-order valence-electron chi connectivity index (χ4n) is 11.8. The Kier molecular flexibility index (Phi) is 22.8. The Morgan fingerprint density at radius 3 is 1.07 bits per heavy atom. The van der Waals surface area contributed by atoms with Crippen molar-refractivity contribution in [3.05, 3.63) is 137 Å². The number of halogens is 8. The molecule has 0 heterocycles. The Morgan fingerprint density at radius 1 is 0.419 bits per heavy atom. The largest absolute Gasteiger partial charge is 0.299 e. The molecule has 8 rings (SSSR count). The molecule has 4 aliphatic carbocycles. The van der Waals surface area contributed by atoms with Gasteiger partial charge in [-0.3, -0.25) is 19.2 Å². The third-order valence-corrected chi connectivity index (χ3v) is 17.5. The Labute approximate surface area is 470 Å². The van der Waals surface area contributed by atoms with Crippen molar-refractivity contribution >= 4 is 92.7 Å². The number of hydrogen-bond acceptors (Lipinski definition) is 4. The van der Waals surface area contributed by atoms with Crippen LogP contribution in [0.25, 0.3) is 0 Å². The highest BCUT2D eigenvalue weighted by atomic mass is 35.5. The van der Waals surface area contributed by atoms with Crippen LogP contribution in [0.2, 0.25) is 30.1 Å². The fourth-order valence-corrected chi connectivity index (χ4v) is 12.7. The van der Waals surface area contributed by atoms with E-state index in [1.807, 2.05) is 106 Å².